The summed E-state index contributed by atoms with van der Waals surface area (Å²) < 4.78 is 2.02. The molecule has 2 aromatic heterocycles. The van der Waals surface area contributed by atoms with Crippen molar-refractivity contribution in [3.05, 3.63) is 30.0 Å². The van der Waals surface area contributed by atoms with E-state index in [0.29, 0.717) is 16.6 Å². The van der Waals surface area contributed by atoms with Crippen LogP contribution in [0.1, 0.15) is 12.5 Å². The number of aliphatic hydroxyl groups excluding tert-OH is 1. The van der Waals surface area contributed by atoms with Crippen molar-refractivity contribution in [3.8, 4) is 0 Å². The molecule has 1 fully saturated rings. The van der Waals surface area contributed by atoms with Crippen molar-refractivity contribution >= 4 is 22.8 Å². The number of rotatable bonds is 1. The molecule has 1 N–H and O–H groups in total. The van der Waals surface area contributed by atoms with Gasteiger partial charge < -0.3 is 9.67 Å². The van der Waals surface area contributed by atoms with Crippen LogP contribution in [0.2, 0.25) is 5.15 Å². The van der Waals surface area contributed by atoms with Gasteiger partial charge in [0, 0.05) is 11.8 Å². The Labute approximate surface area is 108 Å². The zero-order chi connectivity index (χ0) is 12.3. The third-order valence-electron chi connectivity index (χ3n) is 4.01. The van der Waals surface area contributed by atoms with E-state index in [0.717, 1.165) is 12.1 Å². The van der Waals surface area contributed by atoms with E-state index >= 15 is 0 Å². The molecule has 0 aromatic carbocycles. The second-order valence-corrected chi connectivity index (χ2v) is 5.27. The van der Waals surface area contributed by atoms with Crippen molar-refractivity contribution in [1.82, 2.24) is 19.5 Å². The number of aromatic nitrogens is 4. The van der Waals surface area contributed by atoms with Crippen molar-refractivity contribution in [2.24, 2.45) is 11.8 Å². The van der Waals surface area contributed by atoms with Crippen LogP contribution in [-0.4, -0.2) is 30.7 Å². The van der Waals surface area contributed by atoms with Crippen LogP contribution in [-0.2, 0) is 0 Å². The Morgan fingerprint density at radius 2 is 2.17 bits per heavy atom. The molecule has 1 saturated carbocycles. The maximum Gasteiger partial charge on any atom is 0.165 e. The monoisotopic (exact) mass is 262 g/mol. The molecule has 5 nitrogen and oxygen atoms in total. The van der Waals surface area contributed by atoms with Crippen molar-refractivity contribution in [1.29, 1.82) is 0 Å². The highest BCUT2D eigenvalue weighted by Crippen LogP contribution is 2.48. The molecule has 0 amide bonds. The van der Waals surface area contributed by atoms with E-state index in [1.165, 1.54) is 6.33 Å². The first-order valence-electron chi connectivity index (χ1n) is 5.95. The molecule has 2 aliphatic carbocycles. The zero-order valence-corrected chi connectivity index (χ0v) is 10.2. The Kier molecular flexibility index (Phi) is 2.05. The summed E-state index contributed by atoms with van der Waals surface area (Å²) in [5.74, 6) is 0.511. The number of halogens is 1. The Hall–Kier alpha value is -1.46. The Morgan fingerprint density at radius 1 is 1.28 bits per heavy atom. The standard InChI is InChI=1S/C12H11ClN4O/c13-11-9-12(15-4-14-11)17(5-16-9)10-6-1-2-7(10)8(18)3-6/h1-2,4-8,10,18H,3H2. The minimum absolute atomic E-state index is 0.154. The van der Waals surface area contributed by atoms with E-state index in [1.807, 2.05) is 4.57 Å². The quantitative estimate of drug-likeness (QED) is 0.626. The summed E-state index contributed by atoms with van der Waals surface area (Å²) >= 11 is 6.00. The summed E-state index contributed by atoms with van der Waals surface area (Å²) in [6, 6.07) is 0.205. The normalized spacial score (nSPS) is 33.7. The van der Waals surface area contributed by atoms with E-state index in [-0.39, 0.29) is 18.1 Å². The molecule has 92 valence electrons. The lowest BCUT2D eigenvalue weighted by atomic mass is 10.0. The molecule has 4 atom stereocenters. The fourth-order valence-electron chi connectivity index (χ4n) is 3.23. The zero-order valence-electron chi connectivity index (χ0n) is 9.44. The summed E-state index contributed by atoms with van der Waals surface area (Å²) in [4.78, 5) is 12.5. The van der Waals surface area contributed by atoms with Gasteiger partial charge in [-0.3, -0.25) is 0 Å². The van der Waals surface area contributed by atoms with Crippen molar-refractivity contribution in [3.63, 3.8) is 0 Å². The van der Waals surface area contributed by atoms with Gasteiger partial charge in [0.2, 0.25) is 0 Å². The molecule has 0 aliphatic heterocycles. The van der Waals surface area contributed by atoms with E-state index in [4.69, 9.17) is 11.6 Å². The summed E-state index contributed by atoms with van der Waals surface area (Å²) in [6.45, 7) is 0. The van der Waals surface area contributed by atoms with E-state index in [9.17, 15) is 5.11 Å². The van der Waals surface area contributed by atoms with Crippen LogP contribution in [0.3, 0.4) is 0 Å². The minimum Gasteiger partial charge on any atom is -0.392 e. The number of imidazole rings is 1. The smallest absolute Gasteiger partial charge is 0.165 e. The maximum absolute atomic E-state index is 9.97. The average molecular weight is 263 g/mol. The summed E-state index contributed by atoms with van der Waals surface area (Å²) in [5.41, 5.74) is 1.37. The van der Waals surface area contributed by atoms with E-state index in [1.54, 1.807) is 6.33 Å². The molecule has 6 heteroatoms. The SMILES string of the molecule is OC1CC2C=CC1C2n1cnc2c(Cl)ncnc21. The van der Waals surface area contributed by atoms with Crippen LogP contribution in [0.4, 0.5) is 0 Å². The van der Waals surface area contributed by atoms with Gasteiger partial charge in [0.1, 0.15) is 11.8 Å². The topological polar surface area (TPSA) is 63.8 Å². The van der Waals surface area contributed by atoms with Gasteiger partial charge in [0.05, 0.1) is 18.5 Å². The number of nitrogens with zero attached hydrogens (tertiary/aromatic N) is 4. The van der Waals surface area contributed by atoms with E-state index < -0.39 is 0 Å². The van der Waals surface area contributed by atoms with Crippen LogP contribution in [0.25, 0.3) is 11.2 Å². The molecular weight excluding hydrogens is 252 g/mol. The van der Waals surface area contributed by atoms with Gasteiger partial charge >= 0.3 is 0 Å². The van der Waals surface area contributed by atoms with Gasteiger partial charge in [-0.05, 0) is 6.42 Å². The third kappa shape index (κ3) is 1.23. The lowest BCUT2D eigenvalue weighted by Gasteiger charge is -2.18. The first-order chi connectivity index (χ1) is 8.75. The van der Waals surface area contributed by atoms with Gasteiger partial charge in [-0.25, -0.2) is 15.0 Å². The lowest BCUT2D eigenvalue weighted by molar-refractivity contribution is 0.141. The van der Waals surface area contributed by atoms with Gasteiger partial charge in [0.15, 0.2) is 10.8 Å². The Bertz CT molecular complexity index is 653. The number of hydrogen-bond acceptors (Lipinski definition) is 4. The maximum atomic E-state index is 9.97. The van der Waals surface area contributed by atoms with Crippen LogP contribution in [0.5, 0.6) is 0 Å². The summed E-state index contributed by atoms with van der Waals surface area (Å²) in [7, 11) is 0. The molecule has 4 unspecified atom stereocenters. The molecule has 0 saturated heterocycles. The molecular formula is C12H11ClN4O. The van der Waals surface area contributed by atoms with Crippen LogP contribution < -0.4 is 0 Å². The highest BCUT2D eigenvalue weighted by Gasteiger charge is 2.45. The Morgan fingerprint density at radius 3 is 2.89 bits per heavy atom. The van der Waals surface area contributed by atoms with Gasteiger partial charge in [-0.2, -0.15) is 0 Å². The minimum atomic E-state index is -0.264. The lowest BCUT2D eigenvalue weighted by Crippen LogP contribution is -2.18. The van der Waals surface area contributed by atoms with Crippen molar-refractivity contribution < 1.29 is 5.11 Å². The van der Waals surface area contributed by atoms with Crippen LogP contribution >= 0.6 is 11.6 Å². The number of aliphatic hydroxyl groups is 1. The molecule has 4 rings (SSSR count). The molecule has 2 heterocycles. The molecule has 0 spiro atoms. The number of fused-ring (bicyclic) bond motifs is 3. The molecule has 2 aromatic rings. The highest BCUT2D eigenvalue weighted by atomic mass is 35.5. The second-order valence-electron chi connectivity index (χ2n) is 4.91. The molecule has 0 radical (unpaired) electrons. The summed E-state index contributed by atoms with van der Waals surface area (Å²) in [6.07, 6.45) is 8.02. The predicted molar refractivity (Wildman–Crippen MR) is 66.1 cm³/mol. The van der Waals surface area contributed by atoms with Gasteiger partial charge in [-0.1, -0.05) is 23.8 Å². The fraction of sp³-hybridized carbons (Fsp3) is 0.417. The predicted octanol–water partition coefficient (Wildman–Crippen LogP) is 1.59. The van der Waals surface area contributed by atoms with Crippen molar-refractivity contribution in [2.45, 2.75) is 18.6 Å². The fourth-order valence-corrected chi connectivity index (χ4v) is 3.40. The first-order valence-corrected chi connectivity index (χ1v) is 6.33. The van der Waals surface area contributed by atoms with Gasteiger partial charge in [0.25, 0.3) is 0 Å². The van der Waals surface area contributed by atoms with Crippen LogP contribution in [0, 0.1) is 11.8 Å². The van der Waals surface area contributed by atoms with E-state index in [2.05, 4.69) is 27.1 Å². The average Bonchev–Trinajstić information content (AvgIpc) is 3.00. The largest absolute Gasteiger partial charge is 0.392 e. The third-order valence-corrected chi connectivity index (χ3v) is 4.28. The molecule has 18 heavy (non-hydrogen) atoms. The van der Waals surface area contributed by atoms with Crippen molar-refractivity contribution in [2.75, 3.05) is 0 Å². The Balaban J connectivity index is 1.87. The number of allylic oxidation sites excluding steroid dienone is 1. The first kappa shape index (κ1) is 10.5. The van der Waals surface area contributed by atoms with Crippen LogP contribution in [0.15, 0.2) is 24.8 Å². The van der Waals surface area contributed by atoms with Gasteiger partial charge in [-0.15, -0.1) is 0 Å². The molecule has 2 aliphatic rings. The highest BCUT2D eigenvalue weighted by molar-refractivity contribution is 6.33. The number of hydrogen-bond donors (Lipinski definition) is 1. The molecule has 2 bridgehead atoms. The second kappa shape index (κ2) is 3.52. The summed E-state index contributed by atoms with van der Waals surface area (Å²) in [5, 5.41) is 10.3.